The maximum absolute atomic E-state index is 11.8. The largest absolute Gasteiger partial charge is 0.465 e. The number of benzene rings is 1. The van der Waals surface area contributed by atoms with Gasteiger partial charge in [0.1, 0.15) is 6.04 Å². The molecule has 5 heteroatoms. The Morgan fingerprint density at radius 3 is 2.63 bits per heavy atom. The Morgan fingerprint density at radius 1 is 1.37 bits per heavy atom. The van der Waals surface area contributed by atoms with E-state index in [-0.39, 0.29) is 5.91 Å². The number of carbonyl (C=O) groups excluding carboxylic acids is 2. The van der Waals surface area contributed by atoms with Crippen LogP contribution in [0.1, 0.15) is 23.7 Å². The average molecular weight is 262 g/mol. The van der Waals surface area contributed by atoms with Gasteiger partial charge in [-0.05, 0) is 25.5 Å². The maximum Gasteiger partial charge on any atom is 0.325 e. The lowest BCUT2D eigenvalue weighted by atomic mass is 10.2. The van der Waals surface area contributed by atoms with E-state index in [1.807, 2.05) is 6.07 Å². The standard InChI is InChI=1S/C14H18N2O3/c1-3-8-12(14(18)19-4-2)15-16-13(17)11-9-6-5-7-10-11/h3,5-7,9-10,12,15H,1,4,8H2,2H3,(H,16,17)/t12-/m1/s1. The van der Waals surface area contributed by atoms with Crippen molar-refractivity contribution in [1.82, 2.24) is 10.9 Å². The van der Waals surface area contributed by atoms with Gasteiger partial charge in [0.25, 0.3) is 5.91 Å². The molecule has 1 aromatic carbocycles. The first kappa shape index (κ1) is 14.9. The van der Waals surface area contributed by atoms with Gasteiger partial charge in [-0.3, -0.25) is 15.0 Å². The molecule has 0 aliphatic carbocycles. The lowest BCUT2D eigenvalue weighted by Gasteiger charge is -2.16. The SMILES string of the molecule is C=CC[C@@H](NNC(=O)c1ccccc1)C(=O)OCC. The number of esters is 1. The van der Waals surface area contributed by atoms with E-state index in [1.54, 1.807) is 37.3 Å². The summed E-state index contributed by atoms with van der Waals surface area (Å²) in [4.78, 5) is 23.4. The van der Waals surface area contributed by atoms with E-state index >= 15 is 0 Å². The Bertz CT molecular complexity index is 432. The molecule has 1 rings (SSSR count). The number of rotatable bonds is 7. The van der Waals surface area contributed by atoms with Crippen molar-refractivity contribution in [3.63, 3.8) is 0 Å². The van der Waals surface area contributed by atoms with Gasteiger partial charge in [0.05, 0.1) is 6.61 Å². The second-order valence-corrected chi connectivity index (χ2v) is 3.79. The van der Waals surface area contributed by atoms with Crippen molar-refractivity contribution in [1.29, 1.82) is 0 Å². The van der Waals surface area contributed by atoms with Crippen molar-refractivity contribution < 1.29 is 14.3 Å². The zero-order valence-corrected chi connectivity index (χ0v) is 10.9. The predicted octanol–water partition coefficient (Wildman–Crippen LogP) is 1.43. The number of hydrogen-bond donors (Lipinski definition) is 2. The van der Waals surface area contributed by atoms with Gasteiger partial charge in [0.15, 0.2) is 0 Å². The van der Waals surface area contributed by atoms with Gasteiger partial charge in [0.2, 0.25) is 0 Å². The molecule has 5 nitrogen and oxygen atoms in total. The monoisotopic (exact) mass is 262 g/mol. The van der Waals surface area contributed by atoms with Crippen LogP contribution in [0, 0.1) is 0 Å². The molecule has 0 unspecified atom stereocenters. The first-order valence-electron chi connectivity index (χ1n) is 6.07. The first-order chi connectivity index (χ1) is 9.19. The Labute approximate surface area is 112 Å². The minimum atomic E-state index is -0.634. The Hall–Kier alpha value is -2.14. The molecule has 0 aliphatic heterocycles. The molecule has 102 valence electrons. The van der Waals surface area contributed by atoms with E-state index in [2.05, 4.69) is 17.4 Å². The third-order valence-corrected chi connectivity index (χ3v) is 2.37. The third-order valence-electron chi connectivity index (χ3n) is 2.37. The van der Waals surface area contributed by atoms with Gasteiger partial charge in [-0.15, -0.1) is 6.58 Å². The van der Waals surface area contributed by atoms with Gasteiger partial charge >= 0.3 is 5.97 Å². The van der Waals surface area contributed by atoms with E-state index < -0.39 is 12.0 Å². The summed E-state index contributed by atoms with van der Waals surface area (Å²) in [6.07, 6.45) is 1.96. The van der Waals surface area contributed by atoms with Crippen molar-refractivity contribution in [2.75, 3.05) is 6.61 Å². The van der Waals surface area contributed by atoms with Gasteiger partial charge in [-0.2, -0.15) is 0 Å². The summed E-state index contributed by atoms with van der Waals surface area (Å²) in [5.41, 5.74) is 5.65. The smallest absolute Gasteiger partial charge is 0.325 e. The van der Waals surface area contributed by atoms with Gasteiger partial charge in [0, 0.05) is 5.56 Å². The molecule has 0 spiro atoms. The summed E-state index contributed by atoms with van der Waals surface area (Å²) in [6.45, 7) is 5.59. The lowest BCUT2D eigenvalue weighted by Crippen LogP contribution is -2.48. The second-order valence-electron chi connectivity index (χ2n) is 3.79. The van der Waals surface area contributed by atoms with Crippen LogP contribution in [-0.4, -0.2) is 24.5 Å². The zero-order valence-electron chi connectivity index (χ0n) is 10.9. The average Bonchev–Trinajstić information content (AvgIpc) is 2.44. The zero-order chi connectivity index (χ0) is 14.1. The van der Waals surface area contributed by atoms with Crippen LogP contribution in [0.4, 0.5) is 0 Å². The molecule has 1 aromatic rings. The number of nitrogens with one attached hydrogen (secondary N) is 2. The molecule has 0 bridgehead atoms. The molecular weight excluding hydrogens is 244 g/mol. The molecule has 0 aliphatic rings. The molecule has 0 saturated heterocycles. The number of amides is 1. The van der Waals surface area contributed by atoms with Gasteiger partial charge in [-0.25, -0.2) is 5.43 Å². The molecule has 0 aromatic heterocycles. The maximum atomic E-state index is 11.8. The van der Waals surface area contributed by atoms with Crippen molar-refractivity contribution in [3.05, 3.63) is 48.6 Å². The molecular formula is C14H18N2O3. The summed E-state index contributed by atoms with van der Waals surface area (Å²) in [5.74, 6) is -0.727. The quantitative estimate of drug-likeness (QED) is 0.443. The van der Waals surface area contributed by atoms with Crippen LogP contribution >= 0.6 is 0 Å². The van der Waals surface area contributed by atoms with Crippen molar-refractivity contribution in [3.8, 4) is 0 Å². The van der Waals surface area contributed by atoms with Crippen LogP contribution in [0.3, 0.4) is 0 Å². The molecule has 0 fully saturated rings. The molecule has 0 heterocycles. The highest BCUT2D eigenvalue weighted by atomic mass is 16.5. The molecule has 1 atom stereocenters. The van der Waals surface area contributed by atoms with Gasteiger partial charge in [-0.1, -0.05) is 24.3 Å². The van der Waals surface area contributed by atoms with E-state index in [4.69, 9.17) is 4.74 Å². The molecule has 0 saturated carbocycles. The molecule has 2 N–H and O–H groups in total. The normalized spacial score (nSPS) is 11.4. The number of carbonyl (C=O) groups is 2. The Kier molecular flexibility index (Phi) is 6.32. The summed E-state index contributed by atoms with van der Waals surface area (Å²) in [7, 11) is 0. The second kappa shape index (κ2) is 8.05. The summed E-state index contributed by atoms with van der Waals surface area (Å²) >= 11 is 0. The first-order valence-corrected chi connectivity index (χ1v) is 6.07. The van der Waals surface area contributed by atoms with Crippen molar-refractivity contribution in [2.45, 2.75) is 19.4 Å². The predicted molar refractivity (Wildman–Crippen MR) is 72.3 cm³/mol. The number of hydrazine groups is 1. The fourth-order valence-corrected chi connectivity index (χ4v) is 1.44. The van der Waals surface area contributed by atoms with Crippen LogP contribution in [0.2, 0.25) is 0 Å². The highest BCUT2D eigenvalue weighted by molar-refractivity contribution is 5.94. The van der Waals surface area contributed by atoms with Crippen LogP contribution < -0.4 is 10.9 Å². The van der Waals surface area contributed by atoms with E-state index in [0.29, 0.717) is 18.6 Å². The highest BCUT2D eigenvalue weighted by Crippen LogP contribution is 1.99. The van der Waals surface area contributed by atoms with Crippen LogP contribution in [0.25, 0.3) is 0 Å². The number of ether oxygens (including phenoxy) is 1. The summed E-state index contributed by atoms with van der Waals surface area (Å²) < 4.78 is 4.89. The van der Waals surface area contributed by atoms with E-state index in [0.717, 1.165) is 0 Å². The lowest BCUT2D eigenvalue weighted by molar-refractivity contribution is -0.145. The van der Waals surface area contributed by atoms with Crippen LogP contribution in [0.15, 0.2) is 43.0 Å². The van der Waals surface area contributed by atoms with Crippen molar-refractivity contribution in [2.24, 2.45) is 0 Å². The van der Waals surface area contributed by atoms with Crippen molar-refractivity contribution >= 4 is 11.9 Å². The third kappa shape index (κ3) is 4.93. The topological polar surface area (TPSA) is 67.4 Å². The highest BCUT2D eigenvalue weighted by Gasteiger charge is 2.18. The van der Waals surface area contributed by atoms with Gasteiger partial charge < -0.3 is 4.74 Å². The van der Waals surface area contributed by atoms with E-state index in [1.165, 1.54) is 0 Å². The van der Waals surface area contributed by atoms with E-state index in [9.17, 15) is 9.59 Å². The van der Waals surface area contributed by atoms with Crippen LogP contribution in [0.5, 0.6) is 0 Å². The fourth-order valence-electron chi connectivity index (χ4n) is 1.44. The molecule has 0 radical (unpaired) electrons. The Morgan fingerprint density at radius 2 is 2.05 bits per heavy atom. The summed E-state index contributed by atoms with van der Waals surface area (Å²) in [6, 6.07) is 8.09. The minimum absolute atomic E-state index is 0.292. The minimum Gasteiger partial charge on any atom is -0.465 e. The van der Waals surface area contributed by atoms with Crippen LogP contribution in [-0.2, 0) is 9.53 Å². The molecule has 1 amide bonds. The Balaban J connectivity index is 2.54. The number of hydrogen-bond acceptors (Lipinski definition) is 4. The molecule has 19 heavy (non-hydrogen) atoms. The fraction of sp³-hybridized carbons (Fsp3) is 0.286. The summed E-state index contributed by atoms with van der Waals surface area (Å²) in [5, 5.41) is 0.